The van der Waals surface area contributed by atoms with Crippen molar-refractivity contribution < 1.29 is 19.3 Å². The number of aliphatic hydroxyl groups excluding tert-OH is 2. The number of anilines is 2. The second-order valence-corrected chi connectivity index (χ2v) is 6.03. The maximum atomic E-state index is 13.0. The van der Waals surface area contributed by atoms with Crippen molar-refractivity contribution in [3.63, 3.8) is 0 Å². The van der Waals surface area contributed by atoms with E-state index in [9.17, 15) is 14.6 Å². The van der Waals surface area contributed by atoms with Crippen LogP contribution < -0.4 is 5.32 Å². The van der Waals surface area contributed by atoms with E-state index in [4.69, 9.17) is 4.74 Å². The summed E-state index contributed by atoms with van der Waals surface area (Å²) in [7, 11) is 0. The summed E-state index contributed by atoms with van der Waals surface area (Å²) in [5.74, 6) is 0.237. The number of nitrogens with zero attached hydrogens (tertiary/aromatic N) is 3. The Morgan fingerprint density at radius 3 is 2.56 bits per heavy atom. The van der Waals surface area contributed by atoms with Crippen molar-refractivity contribution in [2.24, 2.45) is 0 Å². The van der Waals surface area contributed by atoms with Crippen molar-refractivity contribution >= 4 is 22.5 Å². The molecule has 0 unspecified atom stereocenters. The highest BCUT2D eigenvalue weighted by Gasteiger charge is 2.41. The van der Waals surface area contributed by atoms with Gasteiger partial charge in [0.15, 0.2) is 6.23 Å². The van der Waals surface area contributed by atoms with E-state index in [0.717, 1.165) is 5.39 Å². The number of benzene rings is 1. The monoisotopic (exact) mass is 344 g/mol. The van der Waals surface area contributed by atoms with Crippen LogP contribution in [0.25, 0.3) is 11.0 Å². The van der Waals surface area contributed by atoms with Gasteiger partial charge in [-0.15, -0.1) is 0 Å². The Labute approximate surface area is 142 Å². The standard InChI is InChI=1S/C17H17FN4O3/c1-9-13(23)14(24)17(25-9)22-7-6-12-15(19-8-20-16(12)22)21-11-4-2-10(18)3-5-11/h2-9,13-14,17,23-24H,1H3,(H,19,20,21)/t9-,13+,14+,17+/m0/s1. The fourth-order valence-corrected chi connectivity index (χ4v) is 3.00. The second-order valence-electron chi connectivity index (χ2n) is 6.03. The van der Waals surface area contributed by atoms with Crippen LogP contribution in [-0.2, 0) is 4.74 Å². The third-order valence-corrected chi connectivity index (χ3v) is 4.37. The highest BCUT2D eigenvalue weighted by Crippen LogP contribution is 2.33. The zero-order valence-electron chi connectivity index (χ0n) is 13.4. The maximum absolute atomic E-state index is 13.0. The molecule has 0 bridgehead atoms. The van der Waals surface area contributed by atoms with Crippen LogP contribution in [0.4, 0.5) is 15.9 Å². The Kier molecular flexibility index (Phi) is 3.87. The molecule has 7 nitrogen and oxygen atoms in total. The molecule has 3 heterocycles. The highest BCUT2D eigenvalue weighted by atomic mass is 19.1. The van der Waals surface area contributed by atoms with Crippen molar-refractivity contribution in [1.29, 1.82) is 0 Å². The molecule has 2 aromatic heterocycles. The molecule has 0 aliphatic carbocycles. The van der Waals surface area contributed by atoms with Crippen LogP contribution in [-0.4, -0.2) is 43.1 Å². The first kappa shape index (κ1) is 15.9. The summed E-state index contributed by atoms with van der Waals surface area (Å²) in [5.41, 5.74) is 1.25. The summed E-state index contributed by atoms with van der Waals surface area (Å²) >= 11 is 0. The van der Waals surface area contributed by atoms with Gasteiger partial charge in [-0.3, -0.25) is 0 Å². The largest absolute Gasteiger partial charge is 0.388 e. The van der Waals surface area contributed by atoms with E-state index in [-0.39, 0.29) is 5.82 Å². The Bertz CT molecular complexity index is 899. The predicted molar refractivity (Wildman–Crippen MR) is 88.8 cm³/mol. The average molecular weight is 344 g/mol. The normalized spacial score (nSPS) is 26.2. The van der Waals surface area contributed by atoms with Crippen LogP contribution in [0, 0.1) is 5.82 Å². The zero-order valence-corrected chi connectivity index (χ0v) is 13.4. The number of hydrogen-bond donors (Lipinski definition) is 3. The van der Waals surface area contributed by atoms with Crippen LogP contribution in [0.2, 0.25) is 0 Å². The number of hydrogen-bond acceptors (Lipinski definition) is 6. The molecule has 4 atom stereocenters. The van der Waals surface area contributed by atoms with E-state index in [2.05, 4.69) is 15.3 Å². The topological polar surface area (TPSA) is 92.4 Å². The molecule has 1 aliphatic rings. The molecular formula is C17H17FN4O3. The second kappa shape index (κ2) is 6.07. The van der Waals surface area contributed by atoms with Crippen LogP contribution in [0.5, 0.6) is 0 Å². The smallest absolute Gasteiger partial charge is 0.164 e. The van der Waals surface area contributed by atoms with Gasteiger partial charge in [-0.1, -0.05) is 0 Å². The molecule has 1 aliphatic heterocycles. The predicted octanol–water partition coefficient (Wildman–Crippen LogP) is 1.95. The first-order valence-corrected chi connectivity index (χ1v) is 7.90. The lowest BCUT2D eigenvalue weighted by molar-refractivity contribution is -0.0296. The van der Waals surface area contributed by atoms with E-state index >= 15 is 0 Å². The Balaban J connectivity index is 1.70. The molecule has 4 rings (SSSR count). The quantitative estimate of drug-likeness (QED) is 0.673. The molecule has 25 heavy (non-hydrogen) atoms. The highest BCUT2D eigenvalue weighted by molar-refractivity contribution is 5.89. The maximum Gasteiger partial charge on any atom is 0.164 e. The van der Waals surface area contributed by atoms with Crippen LogP contribution in [0.1, 0.15) is 13.2 Å². The Morgan fingerprint density at radius 1 is 1.12 bits per heavy atom. The van der Waals surface area contributed by atoms with Gasteiger partial charge in [0, 0.05) is 11.9 Å². The van der Waals surface area contributed by atoms with Gasteiger partial charge in [0.2, 0.25) is 0 Å². The van der Waals surface area contributed by atoms with Crippen molar-refractivity contribution in [1.82, 2.24) is 14.5 Å². The van der Waals surface area contributed by atoms with E-state index in [1.807, 2.05) is 0 Å². The number of rotatable bonds is 3. The van der Waals surface area contributed by atoms with Gasteiger partial charge in [-0.05, 0) is 37.3 Å². The molecule has 3 N–H and O–H groups in total. The van der Waals surface area contributed by atoms with Crippen LogP contribution in [0.3, 0.4) is 0 Å². The summed E-state index contributed by atoms with van der Waals surface area (Å²) in [6, 6.07) is 7.74. The van der Waals surface area contributed by atoms with Crippen molar-refractivity contribution in [2.45, 2.75) is 31.5 Å². The number of fused-ring (bicyclic) bond motifs is 1. The molecule has 1 aromatic carbocycles. The average Bonchev–Trinajstić information content (AvgIpc) is 3.14. The van der Waals surface area contributed by atoms with Crippen LogP contribution >= 0.6 is 0 Å². The van der Waals surface area contributed by atoms with Gasteiger partial charge < -0.3 is 24.8 Å². The summed E-state index contributed by atoms with van der Waals surface area (Å²) < 4.78 is 20.4. The summed E-state index contributed by atoms with van der Waals surface area (Å²) in [5, 5.41) is 24.0. The fraction of sp³-hybridized carbons (Fsp3) is 0.294. The van der Waals surface area contributed by atoms with E-state index in [1.165, 1.54) is 18.5 Å². The minimum absolute atomic E-state index is 0.315. The first-order valence-electron chi connectivity index (χ1n) is 7.90. The van der Waals surface area contributed by atoms with Crippen molar-refractivity contribution in [2.75, 3.05) is 5.32 Å². The SMILES string of the molecule is C[C@@H]1O[C@@H](n2ccc3c(Nc4ccc(F)cc4)ncnc32)[C@H](O)[C@@H]1O. The van der Waals surface area contributed by atoms with Gasteiger partial charge in [0.1, 0.15) is 35.8 Å². The lowest BCUT2D eigenvalue weighted by Crippen LogP contribution is -2.30. The third-order valence-electron chi connectivity index (χ3n) is 4.37. The molecule has 0 amide bonds. The van der Waals surface area contributed by atoms with Gasteiger partial charge >= 0.3 is 0 Å². The number of aromatic nitrogens is 3. The number of halogens is 1. The van der Waals surface area contributed by atoms with E-state index in [1.54, 1.807) is 35.9 Å². The first-order chi connectivity index (χ1) is 12.0. The van der Waals surface area contributed by atoms with Crippen molar-refractivity contribution in [3.05, 3.63) is 48.7 Å². The third kappa shape index (κ3) is 2.74. The molecule has 1 saturated heterocycles. The van der Waals surface area contributed by atoms with Gasteiger partial charge in [0.25, 0.3) is 0 Å². The number of ether oxygens (including phenoxy) is 1. The minimum atomic E-state index is -1.05. The zero-order chi connectivity index (χ0) is 17.6. The molecule has 3 aromatic rings. The minimum Gasteiger partial charge on any atom is -0.388 e. The summed E-state index contributed by atoms with van der Waals surface area (Å²) in [6.07, 6.45) is -0.0815. The Hall–Kier alpha value is -2.55. The molecule has 1 fully saturated rings. The lowest BCUT2D eigenvalue weighted by Gasteiger charge is -2.17. The van der Waals surface area contributed by atoms with Gasteiger partial charge in [-0.2, -0.15) is 0 Å². The van der Waals surface area contributed by atoms with Gasteiger partial charge in [0.05, 0.1) is 11.5 Å². The van der Waals surface area contributed by atoms with Gasteiger partial charge in [-0.25, -0.2) is 14.4 Å². The number of nitrogens with one attached hydrogen (secondary N) is 1. The molecular weight excluding hydrogens is 327 g/mol. The van der Waals surface area contributed by atoms with E-state index in [0.29, 0.717) is 17.2 Å². The molecule has 0 spiro atoms. The summed E-state index contributed by atoms with van der Waals surface area (Å²) in [4.78, 5) is 8.50. The Morgan fingerprint density at radius 2 is 1.88 bits per heavy atom. The summed E-state index contributed by atoms with van der Waals surface area (Å²) in [6.45, 7) is 1.70. The molecule has 0 saturated carbocycles. The van der Waals surface area contributed by atoms with Crippen LogP contribution in [0.15, 0.2) is 42.9 Å². The molecule has 130 valence electrons. The van der Waals surface area contributed by atoms with E-state index < -0.39 is 24.5 Å². The number of aliphatic hydroxyl groups is 2. The molecule has 8 heteroatoms. The fourth-order valence-electron chi connectivity index (χ4n) is 3.00. The lowest BCUT2D eigenvalue weighted by atomic mass is 10.1. The van der Waals surface area contributed by atoms with Crippen molar-refractivity contribution in [3.8, 4) is 0 Å². The molecule has 0 radical (unpaired) electrons.